The van der Waals surface area contributed by atoms with Crippen molar-refractivity contribution in [3.05, 3.63) is 70.2 Å². The maximum Gasteiger partial charge on any atom is 0.227 e. The molecular weight excluding hydrogens is 408 g/mol. The van der Waals surface area contributed by atoms with E-state index in [1.807, 2.05) is 42.5 Å². The number of fused-ring (bicyclic) bond motifs is 1. The molecule has 1 aromatic heterocycles. The topological polar surface area (TPSA) is 78.9 Å². The van der Waals surface area contributed by atoms with Crippen LogP contribution in [0.15, 0.2) is 68.5 Å². The smallest absolute Gasteiger partial charge is 0.227 e. The van der Waals surface area contributed by atoms with Gasteiger partial charge >= 0.3 is 0 Å². The van der Waals surface area contributed by atoms with Gasteiger partial charge in [0, 0.05) is 27.9 Å². The molecule has 6 heteroatoms. The molecule has 0 bridgehead atoms. The molecule has 0 saturated carbocycles. The summed E-state index contributed by atoms with van der Waals surface area (Å²) in [7, 11) is 0. The van der Waals surface area contributed by atoms with Crippen molar-refractivity contribution in [2.75, 3.05) is 0 Å². The van der Waals surface area contributed by atoms with E-state index in [4.69, 9.17) is 4.42 Å². The summed E-state index contributed by atoms with van der Waals surface area (Å²) in [6.07, 6.45) is 1.57. The summed E-state index contributed by atoms with van der Waals surface area (Å²) >= 11 is 3.41. The summed E-state index contributed by atoms with van der Waals surface area (Å²) in [5, 5.41) is 19.5. The number of phenols is 2. The normalized spacial score (nSPS) is 11.5. The Labute approximate surface area is 163 Å². The number of rotatable bonds is 3. The molecule has 0 radical (unpaired) electrons. The first-order valence-corrected chi connectivity index (χ1v) is 9.02. The maximum absolute atomic E-state index is 9.99. The number of benzene rings is 3. The highest BCUT2D eigenvalue weighted by molar-refractivity contribution is 9.10. The van der Waals surface area contributed by atoms with Crippen molar-refractivity contribution in [3.63, 3.8) is 0 Å². The van der Waals surface area contributed by atoms with E-state index < -0.39 is 0 Å². The molecule has 0 unspecified atom stereocenters. The quantitative estimate of drug-likeness (QED) is 0.413. The zero-order valence-electron chi connectivity index (χ0n) is 14.3. The van der Waals surface area contributed by atoms with E-state index in [1.54, 1.807) is 19.2 Å². The number of hydrogen-bond donors (Lipinski definition) is 2. The van der Waals surface area contributed by atoms with Crippen molar-refractivity contribution in [1.29, 1.82) is 0 Å². The lowest BCUT2D eigenvalue weighted by molar-refractivity contribution is 0.449. The number of aromatic nitrogens is 1. The van der Waals surface area contributed by atoms with Gasteiger partial charge in [0.15, 0.2) is 5.58 Å². The fourth-order valence-corrected chi connectivity index (χ4v) is 3.04. The molecule has 3 aromatic carbocycles. The van der Waals surface area contributed by atoms with Crippen molar-refractivity contribution < 1.29 is 14.6 Å². The molecule has 0 saturated heterocycles. The monoisotopic (exact) mass is 422 g/mol. The Hall–Kier alpha value is -3.12. The number of aliphatic imine (C=N–C) groups is 1. The molecule has 0 spiro atoms. The minimum Gasteiger partial charge on any atom is -0.508 e. The van der Waals surface area contributed by atoms with E-state index in [0.717, 1.165) is 15.6 Å². The van der Waals surface area contributed by atoms with Gasteiger partial charge in [-0.25, -0.2) is 4.98 Å². The summed E-state index contributed by atoms with van der Waals surface area (Å²) in [5.74, 6) is 0.550. The van der Waals surface area contributed by atoms with E-state index in [2.05, 4.69) is 25.9 Å². The van der Waals surface area contributed by atoms with E-state index in [0.29, 0.717) is 28.2 Å². The zero-order valence-corrected chi connectivity index (χ0v) is 15.9. The lowest BCUT2D eigenvalue weighted by atomic mass is 10.1. The predicted molar refractivity (Wildman–Crippen MR) is 109 cm³/mol. The first-order chi connectivity index (χ1) is 13.0. The first-order valence-electron chi connectivity index (χ1n) is 8.23. The summed E-state index contributed by atoms with van der Waals surface area (Å²) < 4.78 is 6.81. The van der Waals surface area contributed by atoms with Gasteiger partial charge in [0.2, 0.25) is 5.89 Å². The van der Waals surface area contributed by atoms with Crippen LogP contribution in [0.3, 0.4) is 0 Å². The average molecular weight is 423 g/mol. The van der Waals surface area contributed by atoms with Gasteiger partial charge in [0.1, 0.15) is 17.0 Å². The van der Waals surface area contributed by atoms with Crippen molar-refractivity contribution in [2.24, 2.45) is 4.99 Å². The standard InChI is InChI=1S/C21H15BrN2O3/c1-12-8-16(25)10-19(26)17(12)11-23-15-6-7-20-18(9-15)24-21(27-20)13-2-4-14(22)5-3-13/h2-11,25-26H,1H3. The fraction of sp³-hybridized carbons (Fsp3) is 0.0476. The molecule has 5 nitrogen and oxygen atoms in total. The van der Waals surface area contributed by atoms with E-state index in [1.165, 1.54) is 6.07 Å². The lowest BCUT2D eigenvalue weighted by Crippen LogP contribution is -1.87. The molecule has 0 aliphatic heterocycles. The molecule has 134 valence electrons. The van der Waals surface area contributed by atoms with Crippen LogP contribution in [0.4, 0.5) is 5.69 Å². The highest BCUT2D eigenvalue weighted by Crippen LogP contribution is 2.29. The second-order valence-electron chi connectivity index (χ2n) is 6.13. The molecule has 0 atom stereocenters. The largest absolute Gasteiger partial charge is 0.508 e. The van der Waals surface area contributed by atoms with Crippen LogP contribution in [0.25, 0.3) is 22.6 Å². The number of phenolic OH excluding ortho intramolecular Hbond substituents is 2. The molecule has 4 aromatic rings. The Morgan fingerprint density at radius 2 is 1.81 bits per heavy atom. The van der Waals surface area contributed by atoms with E-state index in [9.17, 15) is 10.2 Å². The summed E-state index contributed by atoms with van der Waals surface area (Å²) in [4.78, 5) is 8.95. The zero-order chi connectivity index (χ0) is 19.0. The van der Waals surface area contributed by atoms with Crippen LogP contribution in [0, 0.1) is 6.92 Å². The molecule has 0 aliphatic carbocycles. The number of nitrogens with zero attached hydrogens (tertiary/aromatic N) is 2. The third kappa shape index (κ3) is 3.57. The molecule has 2 N–H and O–H groups in total. The Bertz CT molecular complexity index is 1140. The minimum atomic E-state index is -0.0173. The van der Waals surface area contributed by atoms with Gasteiger partial charge in [-0.3, -0.25) is 4.99 Å². The second-order valence-corrected chi connectivity index (χ2v) is 7.05. The summed E-state index contributed by atoms with van der Waals surface area (Å²) in [6.45, 7) is 1.80. The maximum atomic E-state index is 9.99. The van der Waals surface area contributed by atoms with Gasteiger partial charge in [-0.05, 0) is 61.0 Å². The first kappa shape index (κ1) is 17.3. The highest BCUT2D eigenvalue weighted by atomic mass is 79.9. The number of hydrogen-bond acceptors (Lipinski definition) is 5. The Balaban J connectivity index is 1.67. The van der Waals surface area contributed by atoms with Crippen molar-refractivity contribution in [1.82, 2.24) is 4.98 Å². The minimum absolute atomic E-state index is 0.0173. The summed E-state index contributed by atoms with van der Waals surface area (Å²) in [5.41, 5.74) is 4.25. The van der Waals surface area contributed by atoms with Crippen LogP contribution in [-0.4, -0.2) is 21.4 Å². The predicted octanol–water partition coefficient (Wildman–Crippen LogP) is 5.73. The van der Waals surface area contributed by atoms with Crippen molar-refractivity contribution in [2.45, 2.75) is 6.92 Å². The van der Waals surface area contributed by atoms with Crippen LogP contribution >= 0.6 is 15.9 Å². The van der Waals surface area contributed by atoms with Gasteiger partial charge in [-0.15, -0.1) is 0 Å². The van der Waals surface area contributed by atoms with Gasteiger partial charge in [0.25, 0.3) is 0 Å². The Morgan fingerprint density at radius 3 is 2.56 bits per heavy atom. The molecule has 0 fully saturated rings. The van der Waals surface area contributed by atoms with Crippen LogP contribution in [0.5, 0.6) is 11.5 Å². The number of aryl methyl sites for hydroxylation is 1. The van der Waals surface area contributed by atoms with Crippen LogP contribution < -0.4 is 0 Å². The lowest BCUT2D eigenvalue weighted by Gasteiger charge is -2.04. The van der Waals surface area contributed by atoms with Gasteiger partial charge in [-0.1, -0.05) is 15.9 Å². The average Bonchev–Trinajstić information content (AvgIpc) is 3.04. The van der Waals surface area contributed by atoms with Gasteiger partial charge < -0.3 is 14.6 Å². The Morgan fingerprint density at radius 1 is 1.04 bits per heavy atom. The highest BCUT2D eigenvalue weighted by Gasteiger charge is 2.09. The number of oxazole rings is 1. The molecule has 4 rings (SSSR count). The molecular formula is C21H15BrN2O3. The molecule has 0 aliphatic rings. The van der Waals surface area contributed by atoms with Gasteiger partial charge in [-0.2, -0.15) is 0 Å². The van der Waals surface area contributed by atoms with Crippen LogP contribution in [0.1, 0.15) is 11.1 Å². The summed E-state index contributed by atoms with van der Waals surface area (Å²) in [6, 6.07) is 16.1. The third-order valence-electron chi connectivity index (χ3n) is 4.15. The van der Waals surface area contributed by atoms with Gasteiger partial charge in [0.05, 0.1) is 5.69 Å². The Kier molecular flexibility index (Phi) is 4.41. The van der Waals surface area contributed by atoms with Crippen molar-refractivity contribution in [3.8, 4) is 23.0 Å². The second kappa shape index (κ2) is 6.89. The van der Waals surface area contributed by atoms with Crippen LogP contribution in [0.2, 0.25) is 0 Å². The SMILES string of the molecule is Cc1cc(O)cc(O)c1C=Nc1ccc2oc(-c3ccc(Br)cc3)nc2c1. The fourth-order valence-electron chi connectivity index (χ4n) is 2.78. The molecule has 27 heavy (non-hydrogen) atoms. The molecule has 1 heterocycles. The molecule has 0 amide bonds. The third-order valence-corrected chi connectivity index (χ3v) is 4.68. The number of aromatic hydroxyl groups is 2. The van der Waals surface area contributed by atoms with E-state index in [-0.39, 0.29) is 11.5 Å². The van der Waals surface area contributed by atoms with Crippen molar-refractivity contribution >= 4 is 38.9 Å². The van der Waals surface area contributed by atoms with Crippen LogP contribution in [-0.2, 0) is 0 Å². The number of halogens is 1. The van der Waals surface area contributed by atoms with E-state index >= 15 is 0 Å².